The van der Waals surface area contributed by atoms with E-state index >= 15 is 0 Å². The molecule has 0 heterocycles. The number of rotatable bonds is 8. The summed E-state index contributed by atoms with van der Waals surface area (Å²) < 4.78 is 22.7. The molecule has 0 spiro atoms. The Morgan fingerprint density at radius 1 is 1.19 bits per heavy atom. The normalized spacial score (nSPS) is 12.8. The molecule has 0 radical (unpaired) electrons. The molecule has 0 aromatic heterocycles. The van der Waals surface area contributed by atoms with Gasteiger partial charge >= 0.3 is 0 Å². The summed E-state index contributed by atoms with van der Waals surface area (Å²) in [6, 6.07) is 0. The summed E-state index contributed by atoms with van der Waals surface area (Å²) >= 11 is 0. The Morgan fingerprint density at radius 2 is 1.75 bits per heavy atom. The van der Waals surface area contributed by atoms with Gasteiger partial charge in [0.1, 0.15) is 5.78 Å². The zero-order valence-corrected chi connectivity index (χ0v) is 11.3. The minimum absolute atomic E-state index is 0.0156. The Morgan fingerprint density at radius 3 is 2.19 bits per heavy atom. The van der Waals surface area contributed by atoms with Gasteiger partial charge < -0.3 is 5.73 Å². The van der Waals surface area contributed by atoms with E-state index in [0.29, 0.717) is 19.3 Å². The number of ketones is 1. The molecule has 0 aromatic carbocycles. The van der Waals surface area contributed by atoms with Crippen LogP contribution in [0.2, 0.25) is 0 Å². The Balaban J connectivity index is 3.91. The summed E-state index contributed by atoms with van der Waals surface area (Å²) in [4.78, 5) is 11.4. The van der Waals surface area contributed by atoms with Crippen molar-refractivity contribution in [1.82, 2.24) is 0 Å². The zero-order valence-electron chi connectivity index (χ0n) is 10.5. The van der Waals surface area contributed by atoms with Crippen LogP contribution >= 0.6 is 0 Å². The molecule has 16 heavy (non-hydrogen) atoms. The molecule has 0 bridgehead atoms. The lowest BCUT2D eigenvalue weighted by Crippen LogP contribution is -2.32. The first-order valence-electron chi connectivity index (χ1n) is 5.67. The summed E-state index contributed by atoms with van der Waals surface area (Å²) in [5.41, 5.74) is 5.38. The first-order valence-corrected chi connectivity index (χ1v) is 7.49. The Kier molecular flexibility index (Phi) is 6.18. The molecule has 0 atom stereocenters. The van der Waals surface area contributed by atoms with Gasteiger partial charge in [0.15, 0.2) is 9.84 Å². The number of sulfone groups is 1. The van der Waals surface area contributed by atoms with Gasteiger partial charge in [-0.1, -0.05) is 6.92 Å². The van der Waals surface area contributed by atoms with Crippen molar-refractivity contribution in [3.63, 3.8) is 0 Å². The Bertz CT molecular complexity index is 315. The van der Waals surface area contributed by atoms with E-state index < -0.39 is 9.84 Å². The maximum absolute atomic E-state index is 11.4. The smallest absolute Gasteiger partial charge is 0.150 e. The third-order valence-corrected chi connectivity index (χ3v) is 4.11. The fourth-order valence-corrected chi connectivity index (χ4v) is 2.63. The quantitative estimate of drug-likeness (QED) is 0.703. The van der Waals surface area contributed by atoms with Gasteiger partial charge in [0.05, 0.1) is 5.75 Å². The van der Waals surface area contributed by atoms with Crippen molar-refractivity contribution in [2.24, 2.45) is 5.73 Å². The molecule has 0 saturated carbocycles. The average Bonchev–Trinajstić information content (AvgIpc) is 2.10. The lowest BCUT2D eigenvalue weighted by Gasteiger charge is -2.17. The molecular formula is C11H23NO3S. The second-order valence-electron chi connectivity index (χ2n) is 4.93. The van der Waals surface area contributed by atoms with Crippen LogP contribution in [0.3, 0.4) is 0 Å². The summed E-state index contributed by atoms with van der Waals surface area (Å²) in [5.74, 6) is 0.131. The molecule has 0 aliphatic rings. The Labute approximate surface area is 98.5 Å². The average molecular weight is 249 g/mol. The number of nitrogens with two attached hydrogens (primary N) is 1. The van der Waals surface area contributed by atoms with Crippen LogP contribution in [0, 0.1) is 0 Å². The molecule has 96 valence electrons. The van der Waals surface area contributed by atoms with E-state index in [1.165, 1.54) is 0 Å². The van der Waals surface area contributed by atoms with E-state index in [4.69, 9.17) is 5.73 Å². The van der Waals surface area contributed by atoms with E-state index in [2.05, 4.69) is 0 Å². The van der Waals surface area contributed by atoms with E-state index in [1.54, 1.807) is 0 Å². The topological polar surface area (TPSA) is 77.2 Å². The van der Waals surface area contributed by atoms with Gasteiger partial charge in [0.2, 0.25) is 0 Å². The largest absolute Gasteiger partial charge is 0.326 e. The van der Waals surface area contributed by atoms with Crippen LogP contribution in [0.25, 0.3) is 0 Å². The van der Waals surface area contributed by atoms with Crippen LogP contribution in [0.5, 0.6) is 0 Å². The maximum atomic E-state index is 11.4. The van der Waals surface area contributed by atoms with Crippen LogP contribution in [-0.2, 0) is 14.6 Å². The standard InChI is InChI=1S/C11H23NO3S/c1-4-8-16(14,15)9-6-10(13)5-7-11(2,3)12/h4-9,12H2,1-3H3. The summed E-state index contributed by atoms with van der Waals surface area (Å²) in [5, 5.41) is 0. The number of hydrogen-bond donors (Lipinski definition) is 1. The van der Waals surface area contributed by atoms with Crippen molar-refractivity contribution in [1.29, 1.82) is 0 Å². The van der Waals surface area contributed by atoms with Crippen molar-refractivity contribution in [2.45, 2.75) is 52.0 Å². The van der Waals surface area contributed by atoms with Gasteiger partial charge in [-0.3, -0.25) is 4.79 Å². The van der Waals surface area contributed by atoms with Crippen LogP contribution in [0.4, 0.5) is 0 Å². The van der Waals surface area contributed by atoms with Gasteiger partial charge in [-0.2, -0.15) is 0 Å². The summed E-state index contributed by atoms with van der Waals surface area (Å²) in [6.07, 6.45) is 1.69. The molecule has 0 unspecified atom stereocenters. The number of carbonyl (C=O) groups is 1. The van der Waals surface area contributed by atoms with Crippen LogP contribution in [0.1, 0.15) is 46.5 Å². The molecule has 0 rings (SSSR count). The van der Waals surface area contributed by atoms with E-state index in [9.17, 15) is 13.2 Å². The first-order chi connectivity index (χ1) is 7.16. The fourth-order valence-electron chi connectivity index (χ4n) is 1.27. The highest BCUT2D eigenvalue weighted by Crippen LogP contribution is 2.09. The van der Waals surface area contributed by atoms with Crippen molar-refractivity contribution in [3.05, 3.63) is 0 Å². The fraction of sp³-hybridized carbons (Fsp3) is 0.909. The molecule has 0 amide bonds. The first kappa shape index (κ1) is 15.6. The highest BCUT2D eigenvalue weighted by atomic mass is 32.2. The monoisotopic (exact) mass is 249 g/mol. The lowest BCUT2D eigenvalue weighted by atomic mass is 9.98. The predicted molar refractivity (Wildman–Crippen MR) is 66.1 cm³/mol. The second-order valence-corrected chi connectivity index (χ2v) is 7.23. The maximum Gasteiger partial charge on any atom is 0.150 e. The molecule has 0 aliphatic heterocycles. The minimum atomic E-state index is -3.03. The molecule has 4 nitrogen and oxygen atoms in total. The molecule has 5 heteroatoms. The van der Waals surface area contributed by atoms with Crippen molar-refractivity contribution in [2.75, 3.05) is 11.5 Å². The van der Waals surface area contributed by atoms with Crippen molar-refractivity contribution < 1.29 is 13.2 Å². The highest BCUT2D eigenvalue weighted by molar-refractivity contribution is 7.91. The van der Waals surface area contributed by atoms with Crippen molar-refractivity contribution >= 4 is 15.6 Å². The highest BCUT2D eigenvalue weighted by Gasteiger charge is 2.16. The number of carbonyl (C=O) groups excluding carboxylic acids is 1. The van der Waals surface area contributed by atoms with Gasteiger partial charge in [-0.05, 0) is 26.7 Å². The van der Waals surface area contributed by atoms with Crippen LogP contribution in [0.15, 0.2) is 0 Å². The van der Waals surface area contributed by atoms with Gasteiger partial charge in [0.25, 0.3) is 0 Å². The van der Waals surface area contributed by atoms with E-state index in [0.717, 1.165) is 0 Å². The molecule has 2 N–H and O–H groups in total. The van der Waals surface area contributed by atoms with Crippen LogP contribution < -0.4 is 5.73 Å². The third kappa shape index (κ3) is 8.85. The molecular weight excluding hydrogens is 226 g/mol. The zero-order chi connectivity index (χ0) is 12.8. The lowest BCUT2D eigenvalue weighted by molar-refractivity contribution is -0.119. The number of Topliss-reactive ketones (excluding diaryl/α,β-unsaturated/α-hetero) is 1. The molecule has 0 aliphatic carbocycles. The predicted octanol–water partition coefficient (Wildman–Crippen LogP) is 1.29. The number of hydrogen-bond acceptors (Lipinski definition) is 4. The third-order valence-electron chi connectivity index (χ3n) is 2.26. The SMILES string of the molecule is CCCS(=O)(=O)CCC(=O)CCC(C)(C)N. The minimum Gasteiger partial charge on any atom is -0.326 e. The van der Waals surface area contributed by atoms with Gasteiger partial charge in [-0.15, -0.1) is 0 Å². The van der Waals surface area contributed by atoms with Gasteiger partial charge in [-0.25, -0.2) is 8.42 Å². The molecule has 0 saturated heterocycles. The molecule has 0 aromatic rings. The van der Waals surface area contributed by atoms with Gasteiger partial charge in [0, 0.05) is 24.1 Å². The van der Waals surface area contributed by atoms with E-state index in [-0.39, 0.29) is 29.2 Å². The van der Waals surface area contributed by atoms with E-state index in [1.807, 2.05) is 20.8 Å². The van der Waals surface area contributed by atoms with Crippen molar-refractivity contribution in [3.8, 4) is 0 Å². The van der Waals surface area contributed by atoms with Crippen LogP contribution in [-0.4, -0.2) is 31.2 Å². The molecule has 0 fully saturated rings. The summed E-state index contributed by atoms with van der Waals surface area (Å²) in [6.45, 7) is 5.53. The second kappa shape index (κ2) is 6.35. The Hall–Kier alpha value is -0.420. The summed E-state index contributed by atoms with van der Waals surface area (Å²) in [7, 11) is -3.03.